The SMILES string of the molecule is CC(C)(C)CC(=O)Nc1cncc(-c2ccc3[nH]nc(-c4nc5c(N6CCCCC6)cncc5[nH]4)c3c2)c1. The molecule has 0 radical (unpaired) electrons. The van der Waals surface area contributed by atoms with E-state index in [-0.39, 0.29) is 11.3 Å². The van der Waals surface area contributed by atoms with Crippen LogP contribution in [0.3, 0.4) is 0 Å². The highest BCUT2D eigenvalue weighted by Crippen LogP contribution is 2.33. The van der Waals surface area contributed by atoms with Crippen LogP contribution in [0, 0.1) is 5.41 Å². The second-order valence-electron chi connectivity index (χ2n) is 11.3. The zero-order valence-electron chi connectivity index (χ0n) is 22.0. The number of pyridine rings is 2. The number of piperidine rings is 1. The van der Waals surface area contributed by atoms with Gasteiger partial charge in [-0.15, -0.1) is 0 Å². The molecule has 4 aromatic heterocycles. The van der Waals surface area contributed by atoms with Crippen molar-refractivity contribution < 1.29 is 4.79 Å². The third-order valence-corrected chi connectivity index (χ3v) is 6.90. The summed E-state index contributed by atoms with van der Waals surface area (Å²) in [5.74, 6) is 0.684. The van der Waals surface area contributed by atoms with Crippen LogP contribution < -0.4 is 10.2 Å². The lowest BCUT2D eigenvalue weighted by Crippen LogP contribution is -2.29. The number of nitrogens with zero attached hydrogens (tertiary/aromatic N) is 5. The van der Waals surface area contributed by atoms with Crippen LogP contribution in [0.15, 0.2) is 49.1 Å². The number of benzene rings is 1. The molecule has 9 nitrogen and oxygen atoms in total. The molecule has 9 heteroatoms. The fourth-order valence-corrected chi connectivity index (χ4v) is 5.12. The Bertz CT molecular complexity index is 1620. The fraction of sp³-hybridized carbons (Fsp3) is 0.345. The summed E-state index contributed by atoms with van der Waals surface area (Å²) in [5.41, 5.74) is 7.05. The molecule has 0 bridgehead atoms. The molecule has 1 aromatic carbocycles. The summed E-state index contributed by atoms with van der Waals surface area (Å²) in [6.45, 7) is 8.20. The molecule has 194 valence electrons. The number of aromatic amines is 2. The maximum Gasteiger partial charge on any atom is 0.224 e. The second kappa shape index (κ2) is 9.55. The number of anilines is 2. The van der Waals surface area contributed by atoms with Gasteiger partial charge < -0.3 is 15.2 Å². The van der Waals surface area contributed by atoms with Crippen LogP contribution in [0.5, 0.6) is 0 Å². The minimum absolute atomic E-state index is 0.0210. The maximum absolute atomic E-state index is 12.4. The monoisotopic (exact) mass is 508 g/mol. The zero-order valence-corrected chi connectivity index (χ0v) is 22.0. The number of carbonyl (C=O) groups excluding carboxylic acids is 1. The summed E-state index contributed by atoms with van der Waals surface area (Å²) < 4.78 is 0. The molecule has 0 saturated carbocycles. The minimum Gasteiger partial charge on any atom is -0.368 e. The van der Waals surface area contributed by atoms with Crippen molar-refractivity contribution in [3.05, 3.63) is 49.1 Å². The lowest BCUT2D eigenvalue weighted by Gasteiger charge is -2.28. The number of H-pyrrole nitrogens is 2. The molecule has 5 aromatic rings. The number of nitrogens with one attached hydrogen (secondary N) is 3. The summed E-state index contributed by atoms with van der Waals surface area (Å²) >= 11 is 0. The molecule has 5 heterocycles. The highest BCUT2D eigenvalue weighted by atomic mass is 16.1. The Hall–Kier alpha value is -4.27. The molecule has 0 atom stereocenters. The van der Waals surface area contributed by atoms with Gasteiger partial charge in [0.15, 0.2) is 5.82 Å². The van der Waals surface area contributed by atoms with Gasteiger partial charge in [0.05, 0.1) is 41.0 Å². The number of aromatic nitrogens is 6. The van der Waals surface area contributed by atoms with Crippen LogP contribution in [-0.4, -0.2) is 49.1 Å². The lowest BCUT2D eigenvalue weighted by molar-refractivity contribution is -0.117. The first kappa shape index (κ1) is 24.1. The summed E-state index contributed by atoms with van der Waals surface area (Å²) in [7, 11) is 0. The van der Waals surface area contributed by atoms with Crippen molar-refractivity contribution in [2.24, 2.45) is 5.41 Å². The van der Waals surface area contributed by atoms with Crippen LogP contribution in [0.2, 0.25) is 0 Å². The molecule has 3 N–H and O–H groups in total. The molecule has 0 aliphatic carbocycles. The summed E-state index contributed by atoms with van der Waals surface area (Å²) in [6.07, 6.45) is 11.3. The number of carbonyl (C=O) groups is 1. The van der Waals surface area contributed by atoms with Gasteiger partial charge in [0.1, 0.15) is 11.2 Å². The van der Waals surface area contributed by atoms with E-state index >= 15 is 0 Å². The average molecular weight is 509 g/mol. The molecule has 1 fully saturated rings. The largest absolute Gasteiger partial charge is 0.368 e. The van der Waals surface area contributed by atoms with E-state index in [2.05, 4.69) is 41.4 Å². The molecule has 1 aliphatic heterocycles. The summed E-state index contributed by atoms with van der Waals surface area (Å²) in [6, 6.07) is 8.07. The molecule has 38 heavy (non-hydrogen) atoms. The van der Waals surface area contributed by atoms with Gasteiger partial charge in [-0.3, -0.25) is 19.9 Å². The predicted octanol–water partition coefficient (Wildman–Crippen LogP) is 5.93. The van der Waals surface area contributed by atoms with Crippen LogP contribution in [0.1, 0.15) is 46.5 Å². The Labute approximate surface area is 221 Å². The Kier molecular flexibility index (Phi) is 6.06. The van der Waals surface area contributed by atoms with Crippen molar-refractivity contribution in [3.63, 3.8) is 0 Å². The lowest BCUT2D eigenvalue weighted by atomic mass is 9.92. The van der Waals surface area contributed by atoms with Gasteiger partial charge in [-0.1, -0.05) is 26.8 Å². The molecule has 1 saturated heterocycles. The van der Waals surface area contributed by atoms with Gasteiger partial charge in [0, 0.05) is 36.7 Å². The predicted molar refractivity (Wildman–Crippen MR) is 151 cm³/mol. The van der Waals surface area contributed by atoms with Crippen LogP contribution in [-0.2, 0) is 4.79 Å². The minimum atomic E-state index is -0.0842. The van der Waals surface area contributed by atoms with E-state index in [0.717, 1.165) is 57.5 Å². The highest BCUT2D eigenvalue weighted by Gasteiger charge is 2.20. The number of amides is 1. The Morgan fingerprint density at radius 2 is 1.79 bits per heavy atom. The first-order valence-corrected chi connectivity index (χ1v) is 13.2. The Morgan fingerprint density at radius 1 is 0.974 bits per heavy atom. The first-order chi connectivity index (χ1) is 18.3. The number of hydrogen-bond acceptors (Lipinski definition) is 6. The van der Waals surface area contributed by atoms with Gasteiger partial charge in [0.25, 0.3) is 0 Å². The van der Waals surface area contributed by atoms with Crippen LogP contribution in [0.25, 0.3) is 44.6 Å². The van der Waals surface area contributed by atoms with Gasteiger partial charge in [-0.2, -0.15) is 5.10 Å². The van der Waals surface area contributed by atoms with Gasteiger partial charge in [-0.05, 0) is 48.4 Å². The van der Waals surface area contributed by atoms with Crippen LogP contribution >= 0.6 is 0 Å². The summed E-state index contributed by atoms with van der Waals surface area (Å²) in [4.78, 5) is 32.1. The van der Waals surface area contributed by atoms with Crippen molar-refractivity contribution in [3.8, 4) is 22.6 Å². The smallest absolute Gasteiger partial charge is 0.224 e. The molecular weight excluding hydrogens is 476 g/mol. The third kappa shape index (κ3) is 4.83. The normalized spacial score (nSPS) is 14.3. The fourth-order valence-electron chi connectivity index (χ4n) is 5.12. The standard InChI is InChI=1S/C29H32N8O/c1-29(2,3)13-25(38)32-20-11-19(14-30-15-20)18-7-8-22-21(12-18)26(36-35-22)28-33-23-16-31-17-24(27(23)34-28)37-9-5-4-6-10-37/h7-8,11-12,14-17H,4-6,9-10,13H2,1-3H3,(H,32,38)(H,33,34)(H,35,36). The molecule has 0 unspecified atom stereocenters. The quantitative estimate of drug-likeness (QED) is 0.271. The van der Waals surface area contributed by atoms with Gasteiger partial charge >= 0.3 is 0 Å². The molecule has 1 aliphatic rings. The van der Waals surface area contributed by atoms with Gasteiger partial charge in [0.2, 0.25) is 5.91 Å². The van der Waals surface area contributed by atoms with E-state index < -0.39 is 0 Å². The average Bonchev–Trinajstić information content (AvgIpc) is 3.51. The number of fused-ring (bicyclic) bond motifs is 2. The second-order valence-corrected chi connectivity index (χ2v) is 11.3. The van der Waals surface area contributed by atoms with E-state index in [1.807, 2.05) is 51.4 Å². The third-order valence-electron chi connectivity index (χ3n) is 6.90. The highest BCUT2D eigenvalue weighted by molar-refractivity contribution is 5.97. The van der Waals surface area contributed by atoms with Crippen molar-refractivity contribution in [1.29, 1.82) is 0 Å². The summed E-state index contributed by atoms with van der Waals surface area (Å²) in [5, 5.41) is 11.7. The zero-order chi connectivity index (χ0) is 26.3. The van der Waals surface area contributed by atoms with E-state index in [9.17, 15) is 4.79 Å². The Balaban J connectivity index is 1.33. The molecule has 6 rings (SSSR count). The first-order valence-electron chi connectivity index (χ1n) is 13.2. The van der Waals surface area contributed by atoms with Crippen molar-refractivity contribution >= 4 is 39.2 Å². The van der Waals surface area contributed by atoms with Crippen molar-refractivity contribution in [2.75, 3.05) is 23.3 Å². The molecular formula is C29H32N8O. The number of rotatable bonds is 5. The molecule has 1 amide bonds. The van der Waals surface area contributed by atoms with Gasteiger partial charge in [-0.25, -0.2) is 4.98 Å². The number of hydrogen-bond donors (Lipinski definition) is 3. The van der Waals surface area contributed by atoms with Crippen molar-refractivity contribution in [1.82, 2.24) is 30.1 Å². The molecule has 0 spiro atoms. The Morgan fingerprint density at radius 3 is 2.61 bits per heavy atom. The van der Waals surface area contributed by atoms with E-state index in [1.54, 1.807) is 12.4 Å². The van der Waals surface area contributed by atoms with E-state index in [0.29, 0.717) is 17.9 Å². The van der Waals surface area contributed by atoms with Crippen LogP contribution in [0.4, 0.5) is 11.4 Å². The van der Waals surface area contributed by atoms with E-state index in [4.69, 9.17) is 4.98 Å². The van der Waals surface area contributed by atoms with Crippen molar-refractivity contribution in [2.45, 2.75) is 46.5 Å². The number of imidazole rings is 1. The maximum atomic E-state index is 12.4. The van der Waals surface area contributed by atoms with E-state index in [1.165, 1.54) is 19.3 Å². The topological polar surface area (TPSA) is 115 Å².